The van der Waals surface area contributed by atoms with Crippen LogP contribution in [0.1, 0.15) is 99.3 Å². The molecule has 2 aliphatic heterocycles. The zero-order valence-corrected chi connectivity index (χ0v) is 28.5. The highest BCUT2D eigenvalue weighted by Crippen LogP contribution is 2.26. The molecule has 0 aromatic heterocycles. The summed E-state index contributed by atoms with van der Waals surface area (Å²) in [5.74, 6) is -1.16. The number of rotatable bonds is 16. The maximum Gasteiger partial charge on any atom is 0.333 e. The molecule has 0 aromatic carbocycles. The molecule has 2 aliphatic rings. The van der Waals surface area contributed by atoms with Crippen molar-refractivity contribution in [1.29, 1.82) is 0 Å². The second-order valence-electron chi connectivity index (χ2n) is 11.6. The van der Waals surface area contributed by atoms with Crippen LogP contribution in [0.5, 0.6) is 0 Å². The van der Waals surface area contributed by atoms with E-state index in [0.29, 0.717) is 43.8 Å². The molecule has 0 aromatic rings. The van der Waals surface area contributed by atoms with Crippen molar-refractivity contribution in [2.24, 2.45) is 0 Å². The molecule has 0 amide bonds. The third kappa shape index (κ3) is 26.9. The highest BCUT2D eigenvalue weighted by molar-refractivity contribution is 6.67. The van der Waals surface area contributed by atoms with Crippen molar-refractivity contribution < 1.29 is 53.7 Å². The average Bonchev–Trinajstić information content (AvgIpc) is 3.48. The lowest BCUT2D eigenvalue weighted by atomic mass is 10.2. The third-order valence-electron chi connectivity index (χ3n) is 6.06. The van der Waals surface area contributed by atoms with E-state index in [9.17, 15) is 9.59 Å². The minimum absolute atomic E-state index is 0.165. The second-order valence-corrected chi connectivity index (χ2v) is 12.0. The molecule has 3 atom stereocenters. The number of hydrogen-bond acceptors (Lipinski definition) is 11. The SMILES string of the molecule is C=C(C)C(=O)Cl.C=C(C)C(=O)OCCCCC1COC(C)(C)O1.CC1(C)OCC(CCCCO)O1.OCCCCC(O)CO. The van der Waals surface area contributed by atoms with Gasteiger partial charge in [0, 0.05) is 24.4 Å². The van der Waals surface area contributed by atoms with E-state index in [4.69, 9.17) is 55.7 Å². The lowest BCUT2D eigenvalue weighted by Crippen LogP contribution is -2.21. The van der Waals surface area contributed by atoms with Crippen molar-refractivity contribution in [3.63, 3.8) is 0 Å². The minimum atomic E-state index is -0.600. The van der Waals surface area contributed by atoms with Crippen LogP contribution < -0.4 is 0 Å². The summed E-state index contributed by atoms with van der Waals surface area (Å²) >= 11 is 4.87. The molecule has 11 nitrogen and oxygen atoms in total. The number of halogens is 1. The summed E-state index contributed by atoms with van der Waals surface area (Å²) in [7, 11) is 0. The largest absolute Gasteiger partial charge is 0.462 e. The summed E-state index contributed by atoms with van der Waals surface area (Å²) in [6.45, 7) is 19.8. The summed E-state index contributed by atoms with van der Waals surface area (Å²) in [4.78, 5) is 20.9. The molecular weight excluding hydrogens is 596 g/mol. The summed E-state index contributed by atoms with van der Waals surface area (Å²) in [5, 5.41) is 33.5. The number of carbonyl (C=O) groups is 2. The molecule has 2 heterocycles. The Morgan fingerprint density at radius 2 is 1.25 bits per heavy atom. The van der Waals surface area contributed by atoms with E-state index in [2.05, 4.69) is 13.2 Å². The van der Waals surface area contributed by atoms with Gasteiger partial charge in [-0.25, -0.2) is 4.79 Å². The number of hydrogen-bond donors (Lipinski definition) is 4. The lowest BCUT2D eigenvalue weighted by molar-refractivity contribution is -0.140. The molecule has 2 rings (SSSR count). The first-order valence-corrected chi connectivity index (χ1v) is 15.7. The van der Waals surface area contributed by atoms with Gasteiger partial charge in [-0.15, -0.1) is 0 Å². The Balaban J connectivity index is 0. The number of carbonyl (C=O) groups excluding carboxylic acids is 2. The number of esters is 1. The zero-order valence-electron chi connectivity index (χ0n) is 27.8. The fourth-order valence-electron chi connectivity index (χ4n) is 3.64. The Morgan fingerprint density at radius 1 is 0.818 bits per heavy atom. The van der Waals surface area contributed by atoms with Gasteiger partial charge in [-0.2, -0.15) is 0 Å². The van der Waals surface area contributed by atoms with Gasteiger partial charge in [-0.3, -0.25) is 4.79 Å². The van der Waals surface area contributed by atoms with Crippen LogP contribution in [0, 0.1) is 0 Å². The van der Waals surface area contributed by atoms with Crippen molar-refractivity contribution >= 4 is 22.8 Å². The van der Waals surface area contributed by atoms with E-state index < -0.39 is 22.9 Å². The topological polar surface area (TPSA) is 161 Å². The lowest BCUT2D eigenvalue weighted by Gasteiger charge is -2.16. The predicted octanol–water partition coefficient (Wildman–Crippen LogP) is 4.56. The molecular formula is C32H59ClO11. The van der Waals surface area contributed by atoms with E-state index in [1.54, 1.807) is 13.8 Å². The molecule has 0 aliphatic carbocycles. The quantitative estimate of drug-likeness (QED) is 0.0799. The molecule has 0 spiro atoms. The summed E-state index contributed by atoms with van der Waals surface area (Å²) < 4.78 is 27.1. The zero-order chi connectivity index (χ0) is 34.2. The number of aliphatic hydroxyl groups is 4. The van der Waals surface area contributed by atoms with Crippen LogP contribution in [0.2, 0.25) is 0 Å². The number of ether oxygens (including phenoxy) is 5. The Hall–Kier alpha value is -1.41. The van der Waals surface area contributed by atoms with E-state index >= 15 is 0 Å². The van der Waals surface area contributed by atoms with Crippen LogP contribution in [0.15, 0.2) is 24.3 Å². The Morgan fingerprint density at radius 3 is 1.59 bits per heavy atom. The van der Waals surface area contributed by atoms with Gasteiger partial charge in [0.2, 0.25) is 5.24 Å². The molecule has 0 bridgehead atoms. The molecule has 2 fully saturated rings. The smallest absolute Gasteiger partial charge is 0.333 e. The van der Waals surface area contributed by atoms with Gasteiger partial charge >= 0.3 is 5.97 Å². The molecule has 12 heteroatoms. The van der Waals surface area contributed by atoms with E-state index in [-0.39, 0.29) is 38.0 Å². The first-order valence-electron chi connectivity index (χ1n) is 15.3. The average molecular weight is 655 g/mol. The van der Waals surface area contributed by atoms with Gasteiger partial charge in [0.25, 0.3) is 0 Å². The predicted molar refractivity (Wildman–Crippen MR) is 170 cm³/mol. The van der Waals surface area contributed by atoms with Crippen molar-refractivity contribution in [3.05, 3.63) is 24.3 Å². The molecule has 0 radical (unpaired) electrons. The Kier molecular flexibility index (Phi) is 26.2. The van der Waals surface area contributed by atoms with E-state index in [0.717, 1.165) is 44.9 Å². The highest BCUT2D eigenvalue weighted by atomic mass is 35.5. The molecule has 0 saturated carbocycles. The fourth-order valence-corrected chi connectivity index (χ4v) is 3.64. The van der Waals surface area contributed by atoms with Crippen LogP contribution in [0.25, 0.3) is 0 Å². The standard InChI is InChI=1S/C13H22O4.C9H18O3.C6H14O3.C4H5ClO/c1-10(2)12(14)15-8-6-5-7-11-9-16-13(3,4)17-11;1-9(2)11-7-8(12-9)5-3-4-6-10;7-4-2-1-3-6(9)5-8;1-3(2)4(5)6/h11H,1,5-9H2,2-4H3;8,10H,3-7H2,1-2H3;6-9H,1-5H2;1H2,2H3. The molecule has 4 N–H and O–H groups in total. The summed E-state index contributed by atoms with van der Waals surface area (Å²) in [6, 6.07) is 0. The van der Waals surface area contributed by atoms with Crippen LogP contribution in [0.4, 0.5) is 0 Å². The van der Waals surface area contributed by atoms with Gasteiger partial charge < -0.3 is 44.1 Å². The first-order chi connectivity index (χ1) is 20.5. The number of allylic oxidation sites excluding steroid dienone is 1. The third-order valence-corrected chi connectivity index (χ3v) is 6.39. The van der Waals surface area contributed by atoms with Gasteiger partial charge in [-0.05, 0) is 111 Å². The van der Waals surface area contributed by atoms with Crippen molar-refractivity contribution in [2.45, 2.75) is 129 Å². The van der Waals surface area contributed by atoms with E-state index in [1.165, 1.54) is 0 Å². The van der Waals surface area contributed by atoms with Crippen LogP contribution in [-0.4, -0.2) is 101 Å². The van der Waals surface area contributed by atoms with Crippen molar-refractivity contribution in [1.82, 2.24) is 0 Å². The van der Waals surface area contributed by atoms with Crippen LogP contribution >= 0.6 is 11.6 Å². The molecule has 260 valence electrons. The van der Waals surface area contributed by atoms with Gasteiger partial charge in [-0.1, -0.05) is 13.2 Å². The maximum absolute atomic E-state index is 11.1. The second kappa shape index (κ2) is 25.7. The van der Waals surface area contributed by atoms with Gasteiger partial charge in [0.05, 0.1) is 44.7 Å². The number of aliphatic hydroxyl groups excluding tert-OH is 4. The fraction of sp³-hybridized carbons (Fsp3) is 0.812. The summed E-state index contributed by atoms with van der Waals surface area (Å²) in [6.07, 6.45) is 7.47. The van der Waals surface area contributed by atoms with Crippen molar-refractivity contribution in [3.8, 4) is 0 Å². The molecule has 2 saturated heterocycles. The minimum Gasteiger partial charge on any atom is -0.462 e. The molecule has 3 unspecified atom stereocenters. The number of unbranched alkanes of at least 4 members (excludes halogenated alkanes) is 3. The maximum atomic E-state index is 11.1. The highest BCUT2D eigenvalue weighted by Gasteiger charge is 2.32. The Bertz CT molecular complexity index is 789. The Labute approximate surface area is 269 Å². The van der Waals surface area contributed by atoms with E-state index in [1.807, 2.05) is 27.7 Å². The summed E-state index contributed by atoms with van der Waals surface area (Å²) in [5.41, 5.74) is 0.830. The van der Waals surface area contributed by atoms with Gasteiger partial charge in [0.1, 0.15) is 0 Å². The van der Waals surface area contributed by atoms with Crippen LogP contribution in [-0.2, 0) is 33.3 Å². The normalized spacial score (nSPS) is 20.1. The van der Waals surface area contributed by atoms with Crippen LogP contribution in [0.3, 0.4) is 0 Å². The molecule has 44 heavy (non-hydrogen) atoms. The monoisotopic (exact) mass is 654 g/mol. The van der Waals surface area contributed by atoms with Crippen molar-refractivity contribution in [2.75, 3.05) is 39.6 Å². The first kappa shape index (κ1) is 44.7. The van der Waals surface area contributed by atoms with Gasteiger partial charge in [0.15, 0.2) is 11.6 Å².